The van der Waals surface area contributed by atoms with Crippen LogP contribution < -0.4 is 0 Å². The third-order valence-electron chi connectivity index (χ3n) is 2.29. The van der Waals surface area contributed by atoms with Crippen LogP contribution in [0.25, 0.3) is 0 Å². The maximum absolute atomic E-state index is 11.8. The Morgan fingerprint density at radius 3 is 2.59 bits per heavy atom. The molecule has 0 bridgehead atoms. The van der Waals surface area contributed by atoms with Gasteiger partial charge in [-0.2, -0.15) is 0 Å². The quantitative estimate of drug-likeness (QED) is 0.537. The Morgan fingerprint density at radius 1 is 1.41 bits per heavy atom. The monoisotopic (exact) mass is 234 g/mol. The zero-order valence-corrected chi connectivity index (χ0v) is 10.3. The molecule has 0 amide bonds. The molecule has 1 aromatic carbocycles. The molecular weight excluding hydrogens is 216 g/mol. The summed E-state index contributed by atoms with van der Waals surface area (Å²) in [6.07, 6.45) is 0.209. The molecule has 17 heavy (non-hydrogen) atoms. The van der Waals surface area contributed by atoms with Gasteiger partial charge in [0.1, 0.15) is 6.10 Å². The van der Waals surface area contributed by atoms with Gasteiger partial charge >= 0.3 is 0 Å². The second-order valence-electron chi connectivity index (χ2n) is 3.56. The number of ketones is 1. The highest BCUT2D eigenvalue weighted by atomic mass is 16.7. The standard InChI is InChI=1S/C14H18O3/c1-4-13(15)14(17-11(3)16-5-2)12-9-7-6-8-10-12/h4,6-11,14H,1,5H2,2-3H3/t11?,14-/m0/s1. The predicted molar refractivity (Wildman–Crippen MR) is 66.6 cm³/mol. The molecule has 0 aromatic heterocycles. The highest BCUT2D eigenvalue weighted by molar-refractivity contribution is 5.93. The lowest BCUT2D eigenvalue weighted by Crippen LogP contribution is -2.22. The molecule has 1 aromatic rings. The largest absolute Gasteiger partial charge is 0.353 e. The van der Waals surface area contributed by atoms with Crippen LogP contribution in [0.5, 0.6) is 0 Å². The van der Waals surface area contributed by atoms with Crippen LogP contribution in [0, 0.1) is 0 Å². The minimum atomic E-state index is -0.643. The summed E-state index contributed by atoms with van der Waals surface area (Å²) in [5.74, 6) is -0.164. The van der Waals surface area contributed by atoms with Crippen molar-refractivity contribution >= 4 is 5.78 Å². The fraction of sp³-hybridized carbons (Fsp3) is 0.357. The first-order valence-electron chi connectivity index (χ1n) is 5.67. The van der Waals surface area contributed by atoms with E-state index in [9.17, 15) is 4.79 Å². The normalized spacial score (nSPS) is 14.0. The van der Waals surface area contributed by atoms with Crippen LogP contribution in [0.1, 0.15) is 25.5 Å². The van der Waals surface area contributed by atoms with E-state index in [1.807, 2.05) is 37.3 Å². The van der Waals surface area contributed by atoms with Gasteiger partial charge in [0, 0.05) is 6.61 Å². The van der Waals surface area contributed by atoms with E-state index < -0.39 is 12.4 Å². The molecule has 0 heterocycles. The predicted octanol–water partition coefficient (Wildman–Crippen LogP) is 2.88. The molecule has 3 heteroatoms. The van der Waals surface area contributed by atoms with E-state index in [2.05, 4.69) is 6.58 Å². The molecule has 2 atom stereocenters. The lowest BCUT2D eigenvalue weighted by molar-refractivity contribution is -0.168. The molecule has 92 valence electrons. The minimum absolute atomic E-state index is 0.164. The number of benzene rings is 1. The molecule has 0 aliphatic carbocycles. The summed E-state index contributed by atoms with van der Waals surface area (Å²) in [6.45, 7) is 7.69. The highest BCUT2D eigenvalue weighted by Gasteiger charge is 2.21. The second kappa shape index (κ2) is 6.99. The Morgan fingerprint density at radius 2 is 2.06 bits per heavy atom. The van der Waals surface area contributed by atoms with Crippen molar-refractivity contribution in [3.8, 4) is 0 Å². The van der Waals surface area contributed by atoms with Crippen LogP contribution in [-0.4, -0.2) is 18.7 Å². The maximum atomic E-state index is 11.8. The Labute approximate surface area is 102 Å². The molecule has 0 saturated carbocycles. The molecule has 3 nitrogen and oxygen atoms in total. The summed E-state index contributed by atoms with van der Waals surface area (Å²) in [4.78, 5) is 11.8. The smallest absolute Gasteiger partial charge is 0.188 e. The zero-order valence-electron chi connectivity index (χ0n) is 10.3. The van der Waals surface area contributed by atoms with Crippen molar-refractivity contribution in [2.45, 2.75) is 26.2 Å². The van der Waals surface area contributed by atoms with Gasteiger partial charge in [-0.05, 0) is 25.5 Å². The lowest BCUT2D eigenvalue weighted by atomic mass is 10.1. The van der Waals surface area contributed by atoms with Gasteiger partial charge in [-0.25, -0.2) is 0 Å². The molecule has 0 aliphatic heterocycles. The van der Waals surface area contributed by atoms with Crippen molar-refractivity contribution in [2.75, 3.05) is 6.61 Å². The minimum Gasteiger partial charge on any atom is -0.353 e. The average molecular weight is 234 g/mol. The summed E-state index contributed by atoms with van der Waals surface area (Å²) in [5, 5.41) is 0. The molecule has 0 spiro atoms. The summed E-state index contributed by atoms with van der Waals surface area (Å²) in [5.41, 5.74) is 0.809. The maximum Gasteiger partial charge on any atom is 0.188 e. The Bertz CT molecular complexity index is 359. The number of rotatable bonds is 7. The first-order valence-corrected chi connectivity index (χ1v) is 5.67. The first-order chi connectivity index (χ1) is 8.19. The van der Waals surface area contributed by atoms with Gasteiger partial charge < -0.3 is 9.47 Å². The number of carbonyl (C=O) groups excluding carboxylic acids is 1. The Hall–Kier alpha value is -1.45. The number of ether oxygens (including phenoxy) is 2. The van der Waals surface area contributed by atoms with Crippen molar-refractivity contribution in [1.29, 1.82) is 0 Å². The SMILES string of the molecule is C=CC(=O)[C@@H](OC(C)OCC)c1ccccc1. The van der Waals surface area contributed by atoms with Crippen LogP contribution >= 0.6 is 0 Å². The van der Waals surface area contributed by atoms with Crippen LogP contribution in [-0.2, 0) is 14.3 Å². The van der Waals surface area contributed by atoms with E-state index in [1.165, 1.54) is 6.08 Å². The van der Waals surface area contributed by atoms with Gasteiger partial charge in [0.2, 0.25) is 0 Å². The Balaban J connectivity index is 2.82. The molecular formula is C14H18O3. The van der Waals surface area contributed by atoms with E-state index in [-0.39, 0.29) is 5.78 Å². The molecule has 1 rings (SSSR count). The lowest BCUT2D eigenvalue weighted by Gasteiger charge is -2.20. The van der Waals surface area contributed by atoms with E-state index in [4.69, 9.17) is 9.47 Å². The van der Waals surface area contributed by atoms with Crippen LogP contribution in [0.3, 0.4) is 0 Å². The summed E-state index contributed by atoms with van der Waals surface area (Å²) >= 11 is 0. The van der Waals surface area contributed by atoms with Gasteiger partial charge in [-0.15, -0.1) is 0 Å². The summed E-state index contributed by atoms with van der Waals surface area (Å²) in [6, 6.07) is 9.33. The topological polar surface area (TPSA) is 35.5 Å². The van der Waals surface area contributed by atoms with Gasteiger partial charge in [0.05, 0.1) is 0 Å². The van der Waals surface area contributed by atoms with Gasteiger partial charge in [0.15, 0.2) is 12.1 Å². The first kappa shape index (κ1) is 13.6. The third kappa shape index (κ3) is 4.13. The molecule has 0 radical (unpaired) electrons. The second-order valence-corrected chi connectivity index (χ2v) is 3.56. The molecule has 0 N–H and O–H groups in total. The molecule has 0 aliphatic rings. The van der Waals surface area contributed by atoms with Crippen molar-refractivity contribution in [3.63, 3.8) is 0 Å². The summed E-state index contributed by atoms with van der Waals surface area (Å²) in [7, 11) is 0. The molecule has 0 fully saturated rings. The zero-order chi connectivity index (χ0) is 12.7. The van der Waals surface area contributed by atoms with Crippen LogP contribution in [0.4, 0.5) is 0 Å². The van der Waals surface area contributed by atoms with Gasteiger partial charge in [0.25, 0.3) is 0 Å². The van der Waals surface area contributed by atoms with E-state index in [0.29, 0.717) is 6.61 Å². The number of hydrogen-bond donors (Lipinski definition) is 0. The fourth-order valence-electron chi connectivity index (χ4n) is 1.51. The number of hydrogen-bond acceptors (Lipinski definition) is 3. The van der Waals surface area contributed by atoms with Gasteiger partial charge in [-0.1, -0.05) is 36.9 Å². The van der Waals surface area contributed by atoms with Crippen molar-refractivity contribution in [3.05, 3.63) is 48.6 Å². The number of carbonyl (C=O) groups is 1. The van der Waals surface area contributed by atoms with Crippen molar-refractivity contribution < 1.29 is 14.3 Å². The van der Waals surface area contributed by atoms with Crippen molar-refractivity contribution in [2.24, 2.45) is 0 Å². The third-order valence-corrected chi connectivity index (χ3v) is 2.29. The molecule has 1 unspecified atom stereocenters. The highest BCUT2D eigenvalue weighted by Crippen LogP contribution is 2.20. The van der Waals surface area contributed by atoms with Crippen LogP contribution in [0.15, 0.2) is 43.0 Å². The molecule has 0 saturated heterocycles. The average Bonchev–Trinajstić information content (AvgIpc) is 2.36. The fourth-order valence-corrected chi connectivity index (χ4v) is 1.51. The van der Waals surface area contributed by atoms with Crippen LogP contribution in [0.2, 0.25) is 0 Å². The van der Waals surface area contributed by atoms with E-state index >= 15 is 0 Å². The van der Waals surface area contributed by atoms with E-state index in [0.717, 1.165) is 5.56 Å². The van der Waals surface area contributed by atoms with Gasteiger partial charge in [-0.3, -0.25) is 4.79 Å². The Kier molecular flexibility index (Phi) is 5.60. The summed E-state index contributed by atoms with van der Waals surface area (Å²) < 4.78 is 10.9. The van der Waals surface area contributed by atoms with E-state index in [1.54, 1.807) is 6.92 Å². The van der Waals surface area contributed by atoms with Crippen molar-refractivity contribution in [1.82, 2.24) is 0 Å².